The summed E-state index contributed by atoms with van der Waals surface area (Å²) in [5.41, 5.74) is 2.58. The standard InChI is InChI=1S/C13H18N2O4/c1-8-4-3-5-10(9(8)2)14-13(19)15-11(6-7-16)12(17)18/h3-5,11,16H,6-7H2,1-2H3,(H,17,18)(H2,14,15,19)/t11-/m1/s1. The SMILES string of the molecule is Cc1cccc(NC(=O)N[C@H](CCO)C(=O)O)c1C. The number of hydrogen-bond acceptors (Lipinski definition) is 3. The van der Waals surface area contributed by atoms with Crippen LogP contribution < -0.4 is 10.6 Å². The summed E-state index contributed by atoms with van der Waals surface area (Å²) in [6, 6.07) is 3.76. The number of carboxylic acids is 1. The molecule has 0 aliphatic rings. The molecule has 19 heavy (non-hydrogen) atoms. The number of hydrogen-bond donors (Lipinski definition) is 4. The summed E-state index contributed by atoms with van der Waals surface area (Å²) in [6.45, 7) is 3.48. The maximum atomic E-state index is 11.7. The van der Waals surface area contributed by atoms with Gasteiger partial charge in [0.15, 0.2) is 0 Å². The molecule has 1 aromatic rings. The maximum Gasteiger partial charge on any atom is 0.326 e. The fourth-order valence-electron chi connectivity index (χ4n) is 1.59. The Labute approximate surface area is 111 Å². The molecule has 0 aromatic heterocycles. The zero-order valence-corrected chi connectivity index (χ0v) is 10.9. The Kier molecular flexibility index (Phi) is 5.32. The summed E-state index contributed by atoms with van der Waals surface area (Å²) < 4.78 is 0. The number of anilines is 1. The van der Waals surface area contributed by atoms with Crippen LogP contribution in [0.15, 0.2) is 18.2 Å². The predicted octanol–water partition coefficient (Wildman–Crippen LogP) is 1.26. The van der Waals surface area contributed by atoms with Gasteiger partial charge in [-0.2, -0.15) is 0 Å². The Hall–Kier alpha value is -2.08. The van der Waals surface area contributed by atoms with E-state index in [4.69, 9.17) is 10.2 Å². The van der Waals surface area contributed by atoms with Crippen LogP contribution in [0.4, 0.5) is 10.5 Å². The molecule has 6 heteroatoms. The van der Waals surface area contributed by atoms with Crippen LogP contribution in [0.5, 0.6) is 0 Å². The number of urea groups is 1. The Morgan fingerprint density at radius 2 is 2.00 bits per heavy atom. The Morgan fingerprint density at radius 3 is 2.58 bits per heavy atom. The van der Waals surface area contributed by atoms with Gasteiger partial charge in [-0.3, -0.25) is 0 Å². The maximum absolute atomic E-state index is 11.7. The minimum Gasteiger partial charge on any atom is -0.480 e. The van der Waals surface area contributed by atoms with Crippen molar-refractivity contribution in [1.29, 1.82) is 0 Å². The van der Waals surface area contributed by atoms with Crippen LogP contribution in [0, 0.1) is 13.8 Å². The van der Waals surface area contributed by atoms with E-state index in [2.05, 4.69) is 10.6 Å². The van der Waals surface area contributed by atoms with Gasteiger partial charge in [0.05, 0.1) is 0 Å². The number of aliphatic hydroxyl groups excluding tert-OH is 1. The lowest BCUT2D eigenvalue weighted by molar-refractivity contribution is -0.139. The average molecular weight is 266 g/mol. The Balaban J connectivity index is 2.69. The second kappa shape index (κ2) is 6.75. The predicted molar refractivity (Wildman–Crippen MR) is 71.2 cm³/mol. The molecule has 1 aromatic carbocycles. The first-order chi connectivity index (χ1) is 8.95. The summed E-state index contributed by atoms with van der Waals surface area (Å²) in [7, 11) is 0. The molecule has 0 saturated heterocycles. The van der Waals surface area contributed by atoms with E-state index in [1.165, 1.54) is 0 Å². The van der Waals surface area contributed by atoms with E-state index in [-0.39, 0.29) is 13.0 Å². The first-order valence-corrected chi connectivity index (χ1v) is 5.93. The van der Waals surface area contributed by atoms with E-state index in [1.54, 1.807) is 12.1 Å². The molecule has 0 aliphatic heterocycles. The number of nitrogens with one attached hydrogen (secondary N) is 2. The second-order valence-corrected chi connectivity index (χ2v) is 4.25. The number of amides is 2. The molecule has 6 nitrogen and oxygen atoms in total. The highest BCUT2D eigenvalue weighted by Gasteiger charge is 2.19. The van der Waals surface area contributed by atoms with Crippen molar-refractivity contribution >= 4 is 17.7 Å². The average Bonchev–Trinajstić information content (AvgIpc) is 2.34. The van der Waals surface area contributed by atoms with E-state index in [9.17, 15) is 9.59 Å². The third-order valence-corrected chi connectivity index (χ3v) is 2.87. The Bertz CT molecular complexity index is 474. The van der Waals surface area contributed by atoms with Crippen LogP contribution in [0.3, 0.4) is 0 Å². The number of aliphatic hydroxyl groups is 1. The molecule has 1 atom stereocenters. The summed E-state index contributed by atoms with van der Waals surface area (Å²) in [5, 5.41) is 22.5. The zero-order chi connectivity index (χ0) is 14.4. The number of benzene rings is 1. The van der Waals surface area contributed by atoms with Crippen molar-refractivity contribution in [3.63, 3.8) is 0 Å². The number of carbonyl (C=O) groups is 2. The van der Waals surface area contributed by atoms with Gasteiger partial charge >= 0.3 is 12.0 Å². The fraction of sp³-hybridized carbons (Fsp3) is 0.385. The van der Waals surface area contributed by atoms with Gasteiger partial charge in [0, 0.05) is 18.7 Å². The molecule has 0 fully saturated rings. The van der Waals surface area contributed by atoms with Crippen molar-refractivity contribution in [2.24, 2.45) is 0 Å². The summed E-state index contributed by atoms with van der Waals surface area (Å²) in [6.07, 6.45) is -0.0322. The van der Waals surface area contributed by atoms with Gasteiger partial charge in [-0.1, -0.05) is 12.1 Å². The van der Waals surface area contributed by atoms with Crippen molar-refractivity contribution in [3.8, 4) is 0 Å². The summed E-state index contributed by atoms with van der Waals surface area (Å²) in [5.74, 6) is -1.18. The van der Waals surface area contributed by atoms with E-state index in [1.807, 2.05) is 19.9 Å². The van der Waals surface area contributed by atoms with Gasteiger partial charge in [0.2, 0.25) is 0 Å². The number of rotatable bonds is 5. The molecule has 104 valence electrons. The monoisotopic (exact) mass is 266 g/mol. The summed E-state index contributed by atoms with van der Waals surface area (Å²) >= 11 is 0. The molecule has 1 rings (SSSR count). The molecule has 0 heterocycles. The van der Waals surface area contributed by atoms with Crippen molar-refractivity contribution in [3.05, 3.63) is 29.3 Å². The smallest absolute Gasteiger partial charge is 0.326 e. The van der Waals surface area contributed by atoms with E-state index in [0.717, 1.165) is 11.1 Å². The molecule has 0 spiro atoms. The lowest BCUT2D eigenvalue weighted by Crippen LogP contribution is -2.43. The van der Waals surface area contributed by atoms with Gasteiger partial charge in [0.25, 0.3) is 0 Å². The highest BCUT2D eigenvalue weighted by molar-refractivity contribution is 5.93. The highest BCUT2D eigenvalue weighted by Crippen LogP contribution is 2.17. The normalized spacial score (nSPS) is 11.7. The third kappa shape index (κ3) is 4.26. The molecule has 2 amide bonds. The van der Waals surface area contributed by atoms with Crippen molar-refractivity contribution in [2.45, 2.75) is 26.3 Å². The van der Waals surface area contributed by atoms with Gasteiger partial charge in [-0.25, -0.2) is 9.59 Å². The minimum absolute atomic E-state index is 0.0322. The van der Waals surface area contributed by atoms with Crippen molar-refractivity contribution < 1.29 is 19.8 Å². The number of aliphatic carboxylic acids is 1. The van der Waals surface area contributed by atoms with Crippen molar-refractivity contribution in [1.82, 2.24) is 5.32 Å². The molecular weight excluding hydrogens is 248 g/mol. The van der Waals surface area contributed by atoms with E-state index >= 15 is 0 Å². The molecule has 0 unspecified atom stereocenters. The second-order valence-electron chi connectivity index (χ2n) is 4.25. The highest BCUT2D eigenvalue weighted by atomic mass is 16.4. The Morgan fingerprint density at radius 1 is 1.32 bits per heavy atom. The molecule has 0 bridgehead atoms. The summed E-state index contributed by atoms with van der Waals surface area (Å²) in [4.78, 5) is 22.5. The van der Waals surface area contributed by atoms with E-state index in [0.29, 0.717) is 5.69 Å². The molecule has 4 N–H and O–H groups in total. The van der Waals surface area contributed by atoms with Crippen LogP contribution in [-0.2, 0) is 4.79 Å². The van der Waals surface area contributed by atoms with Crippen LogP contribution in [0.25, 0.3) is 0 Å². The van der Waals surface area contributed by atoms with Gasteiger partial charge in [-0.05, 0) is 31.0 Å². The first kappa shape index (κ1) is 15.0. The first-order valence-electron chi connectivity index (χ1n) is 5.93. The van der Waals surface area contributed by atoms with Crippen LogP contribution in [0.2, 0.25) is 0 Å². The van der Waals surface area contributed by atoms with Gasteiger partial charge in [-0.15, -0.1) is 0 Å². The number of carboxylic acid groups (broad SMARTS) is 1. The van der Waals surface area contributed by atoms with Crippen LogP contribution in [-0.4, -0.2) is 34.9 Å². The quantitative estimate of drug-likeness (QED) is 0.644. The fourth-order valence-corrected chi connectivity index (χ4v) is 1.59. The van der Waals surface area contributed by atoms with Crippen LogP contribution in [0.1, 0.15) is 17.5 Å². The molecule has 0 radical (unpaired) electrons. The zero-order valence-electron chi connectivity index (χ0n) is 10.9. The molecular formula is C13H18N2O4. The molecule has 0 aliphatic carbocycles. The topological polar surface area (TPSA) is 98.7 Å². The minimum atomic E-state index is -1.18. The lowest BCUT2D eigenvalue weighted by atomic mass is 10.1. The third-order valence-electron chi connectivity index (χ3n) is 2.87. The van der Waals surface area contributed by atoms with Crippen molar-refractivity contribution in [2.75, 3.05) is 11.9 Å². The van der Waals surface area contributed by atoms with E-state index < -0.39 is 18.0 Å². The molecule has 0 saturated carbocycles. The number of carbonyl (C=O) groups excluding carboxylic acids is 1. The largest absolute Gasteiger partial charge is 0.480 e. The lowest BCUT2D eigenvalue weighted by Gasteiger charge is -2.15. The van der Waals surface area contributed by atoms with Gasteiger partial charge in [0.1, 0.15) is 6.04 Å². The van der Waals surface area contributed by atoms with Crippen LogP contribution >= 0.6 is 0 Å². The number of aryl methyl sites for hydroxylation is 1. The van der Waals surface area contributed by atoms with Gasteiger partial charge < -0.3 is 20.8 Å².